The van der Waals surface area contributed by atoms with Gasteiger partial charge in [0.2, 0.25) is 0 Å². The lowest BCUT2D eigenvalue weighted by Gasteiger charge is -2.07. The van der Waals surface area contributed by atoms with Crippen molar-refractivity contribution in [3.8, 4) is 0 Å². The Kier molecular flexibility index (Phi) is 2.16. The normalized spacial score (nSPS) is 16.1. The minimum Gasteiger partial charge on any atom is -0.480 e. The molecule has 2 heterocycles. The number of aryl methyl sites for hydroxylation is 2. The second-order valence-corrected chi connectivity index (χ2v) is 4.35. The molecule has 0 radical (unpaired) electrons. The van der Waals surface area contributed by atoms with Gasteiger partial charge in [0.1, 0.15) is 11.9 Å². The maximum Gasteiger partial charge on any atom is 0.325 e. The van der Waals surface area contributed by atoms with Crippen LogP contribution >= 0.6 is 0 Å². The molecule has 5 heteroatoms. The summed E-state index contributed by atoms with van der Waals surface area (Å²) < 4.78 is 2.15. The van der Waals surface area contributed by atoms with Gasteiger partial charge in [0.05, 0.1) is 11.0 Å². The van der Waals surface area contributed by atoms with E-state index >= 15 is 0 Å². The molecular formula is C12H13N3O2. The maximum absolute atomic E-state index is 10.9. The van der Waals surface area contributed by atoms with Crippen molar-refractivity contribution < 1.29 is 9.90 Å². The van der Waals surface area contributed by atoms with Gasteiger partial charge in [-0.25, -0.2) is 4.98 Å². The molecule has 1 aromatic heterocycles. The number of imidazole rings is 1. The van der Waals surface area contributed by atoms with Crippen LogP contribution in [0.15, 0.2) is 18.2 Å². The van der Waals surface area contributed by atoms with E-state index in [4.69, 9.17) is 10.8 Å². The fourth-order valence-corrected chi connectivity index (χ4v) is 2.36. The van der Waals surface area contributed by atoms with Crippen LogP contribution in [0, 0.1) is 0 Å². The Balaban J connectivity index is 2.15. The van der Waals surface area contributed by atoms with Crippen molar-refractivity contribution in [2.75, 3.05) is 0 Å². The summed E-state index contributed by atoms with van der Waals surface area (Å²) in [6.45, 7) is 0.956. The molecule has 1 aliphatic heterocycles. The number of hydrogen-bond acceptors (Lipinski definition) is 3. The van der Waals surface area contributed by atoms with Gasteiger partial charge >= 0.3 is 5.97 Å². The first-order chi connectivity index (χ1) is 8.16. The molecule has 88 valence electrons. The van der Waals surface area contributed by atoms with Gasteiger partial charge < -0.3 is 15.4 Å². The second-order valence-electron chi connectivity index (χ2n) is 4.35. The summed E-state index contributed by atoms with van der Waals surface area (Å²) in [5.41, 5.74) is 8.15. The van der Waals surface area contributed by atoms with Crippen molar-refractivity contribution in [3.05, 3.63) is 29.6 Å². The first kappa shape index (κ1) is 10.3. The monoisotopic (exact) mass is 231 g/mol. The van der Waals surface area contributed by atoms with Gasteiger partial charge in [-0.3, -0.25) is 4.79 Å². The van der Waals surface area contributed by atoms with Gasteiger partial charge in [-0.15, -0.1) is 0 Å². The highest BCUT2D eigenvalue weighted by atomic mass is 16.4. The molecule has 1 aromatic carbocycles. The molecule has 3 N–H and O–H groups in total. The average Bonchev–Trinajstić information content (AvgIpc) is 2.87. The van der Waals surface area contributed by atoms with E-state index < -0.39 is 12.0 Å². The van der Waals surface area contributed by atoms with E-state index in [0.717, 1.165) is 36.2 Å². The third-order valence-corrected chi connectivity index (χ3v) is 3.26. The van der Waals surface area contributed by atoms with Crippen LogP contribution in [0.25, 0.3) is 11.0 Å². The van der Waals surface area contributed by atoms with Crippen molar-refractivity contribution in [1.29, 1.82) is 0 Å². The van der Waals surface area contributed by atoms with E-state index in [1.807, 2.05) is 12.1 Å². The number of benzene rings is 1. The van der Waals surface area contributed by atoms with E-state index in [0.29, 0.717) is 5.56 Å². The standard InChI is InChI=1S/C12H13N3O2/c13-11(12(16)17)7-3-4-8-9(6-7)15-5-1-2-10(15)14-8/h3-4,6,11H,1-2,5,13H2,(H,16,17). The SMILES string of the molecule is NC(C(=O)O)c1ccc2nc3n(c2c1)CCC3. The van der Waals surface area contributed by atoms with Gasteiger partial charge in [0.25, 0.3) is 0 Å². The van der Waals surface area contributed by atoms with Crippen molar-refractivity contribution in [1.82, 2.24) is 9.55 Å². The van der Waals surface area contributed by atoms with Gasteiger partial charge in [-0.2, -0.15) is 0 Å². The second kappa shape index (κ2) is 3.56. The smallest absolute Gasteiger partial charge is 0.325 e. The zero-order chi connectivity index (χ0) is 12.0. The lowest BCUT2D eigenvalue weighted by molar-refractivity contribution is -0.138. The number of carboxylic acids is 1. The highest BCUT2D eigenvalue weighted by Gasteiger charge is 2.19. The van der Waals surface area contributed by atoms with Crippen molar-refractivity contribution in [2.45, 2.75) is 25.4 Å². The van der Waals surface area contributed by atoms with Gasteiger partial charge in [-0.1, -0.05) is 6.07 Å². The first-order valence-corrected chi connectivity index (χ1v) is 5.64. The van der Waals surface area contributed by atoms with Crippen LogP contribution in [0.4, 0.5) is 0 Å². The average molecular weight is 231 g/mol. The van der Waals surface area contributed by atoms with Gasteiger partial charge in [-0.05, 0) is 24.1 Å². The van der Waals surface area contributed by atoms with Crippen LogP contribution in [0.2, 0.25) is 0 Å². The molecule has 3 rings (SSSR count). The quantitative estimate of drug-likeness (QED) is 0.810. The van der Waals surface area contributed by atoms with Crippen LogP contribution in [0.5, 0.6) is 0 Å². The molecule has 5 nitrogen and oxygen atoms in total. The molecule has 0 amide bonds. The fraction of sp³-hybridized carbons (Fsp3) is 0.333. The lowest BCUT2D eigenvalue weighted by atomic mass is 10.1. The highest BCUT2D eigenvalue weighted by molar-refractivity contribution is 5.81. The Hall–Kier alpha value is -1.88. The summed E-state index contributed by atoms with van der Waals surface area (Å²) in [5.74, 6) is 0.0755. The Bertz CT molecular complexity index is 603. The number of aromatic nitrogens is 2. The molecule has 2 aromatic rings. The predicted octanol–water partition coefficient (Wildman–Crippen LogP) is 1.07. The topological polar surface area (TPSA) is 81.1 Å². The molecule has 0 aliphatic carbocycles. The third-order valence-electron chi connectivity index (χ3n) is 3.26. The summed E-state index contributed by atoms with van der Waals surface area (Å²) >= 11 is 0. The summed E-state index contributed by atoms with van der Waals surface area (Å²) in [6, 6.07) is 4.46. The molecule has 1 atom stereocenters. The molecule has 0 bridgehead atoms. The third kappa shape index (κ3) is 1.51. The van der Waals surface area contributed by atoms with Crippen LogP contribution in [-0.4, -0.2) is 20.6 Å². The number of fused-ring (bicyclic) bond motifs is 3. The van der Waals surface area contributed by atoms with Crippen LogP contribution in [0.1, 0.15) is 23.9 Å². The van der Waals surface area contributed by atoms with Crippen LogP contribution < -0.4 is 5.73 Å². The number of hydrogen-bond donors (Lipinski definition) is 2. The molecule has 0 spiro atoms. The molecule has 0 saturated carbocycles. The molecule has 17 heavy (non-hydrogen) atoms. The molecule has 0 fully saturated rings. The largest absolute Gasteiger partial charge is 0.480 e. The van der Waals surface area contributed by atoms with Crippen molar-refractivity contribution in [3.63, 3.8) is 0 Å². The Morgan fingerprint density at radius 1 is 1.53 bits per heavy atom. The Morgan fingerprint density at radius 3 is 3.12 bits per heavy atom. The molecule has 1 unspecified atom stereocenters. The minimum absolute atomic E-state index is 0.625. The van der Waals surface area contributed by atoms with Crippen molar-refractivity contribution >= 4 is 17.0 Å². The summed E-state index contributed by atoms with van der Waals surface area (Å²) in [6.07, 6.45) is 2.10. The molecule has 0 saturated heterocycles. The van der Waals surface area contributed by atoms with E-state index in [1.165, 1.54) is 0 Å². The maximum atomic E-state index is 10.9. The van der Waals surface area contributed by atoms with Crippen molar-refractivity contribution in [2.24, 2.45) is 5.73 Å². The summed E-state index contributed by atoms with van der Waals surface area (Å²) in [5, 5.41) is 8.90. The lowest BCUT2D eigenvalue weighted by Crippen LogP contribution is -2.20. The van der Waals surface area contributed by atoms with Gasteiger partial charge in [0.15, 0.2) is 0 Å². The summed E-state index contributed by atoms with van der Waals surface area (Å²) in [7, 11) is 0. The number of nitrogens with two attached hydrogens (primary N) is 1. The predicted molar refractivity (Wildman–Crippen MR) is 62.6 cm³/mol. The molecular weight excluding hydrogens is 218 g/mol. The van der Waals surface area contributed by atoms with E-state index in [-0.39, 0.29) is 0 Å². The zero-order valence-electron chi connectivity index (χ0n) is 9.26. The fourth-order valence-electron chi connectivity index (χ4n) is 2.36. The van der Waals surface area contributed by atoms with E-state index in [2.05, 4.69) is 9.55 Å². The number of carboxylic acid groups (broad SMARTS) is 1. The molecule has 1 aliphatic rings. The van der Waals surface area contributed by atoms with E-state index in [1.54, 1.807) is 6.07 Å². The number of nitrogens with zero attached hydrogens (tertiary/aromatic N) is 2. The highest BCUT2D eigenvalue weighted by Crippen LogP contribution is 2.25. The number of aliphatic carboxylic acids is 1. The Labute approximate surface area is 97.9 Å². The van der Waals surface area contributed by atoms with Gasteiger partial charge in [0, 0.05) is 13.0 Å². The van der Waals surface area contributed by atoms with E-state index in [9.17, 15) is 4.79 Å². The number of carbonyl (C=O) groups is 1. The van der Waals surface area contributed by atoms with Crippen LogP contribution in [0.3, 0.4) is 0 Å². The number of rotatable bonds is 2. The Morgan fingerprint density at radius 2 is 2.35 bits per heavy atom. The first-order valence-electron chi connectivity index (χ1n) is 5.64. The minimum atomic E-state index is -1.01. The summed E-state index contributed by atoms with van der Waals surface area (Å²) in [4.78, 5) is 15.4. The van der Waals surface area contributed by atoms with Crippen LogP contribution in [-0.2, 0) is 17.8 Å². The zero-order valence-corrected chi connectivity index (χ0v) is 9.26.